The van der Waals surface area contributed by atoms with E-state index in [0.717, 1.165) is 24.4 Å². The van der Waals surface area contributed by atoms with Gasteiger partial charge in [-0.1, -0.05) is 44.2 Å². The van der Waals surface area contributed by atoms with Gasteiger partial charge in [0.15, 0.2) is 5.76 Å². The second-order valence-electron chi connectivity index (χ2n) is 7.63. The molecule has 2 heterocycles. The number of nitrogens with two attached hydrogens (primary N) is 1. The Labute approximate surface area is 171 Å². The topological polar surface area (TPSA) is 105 Å². The molecule has 1 aromatic carbocycles. The van der Waals surface area contributed by atoms with Gasteiger partial charge in [0.05, 0.1) is 25.3 Å². The molecule has 8 heteroatoms. The van der Waals surface area contributed by atoms with E-state index in [4.69, 9.17) is 10.2 Å². The first-order chi connectivity index (χ1) is 13.9. The molecule has 1 atom stereocenters. The number of carbonyl (C=O) groups excluding carboxylic acids is 2. The minimum absolute atomic E-state index is 0.0145. The molecule has 0 spiro atoms. The normalized spacial score (nSPS) is 16.1. The molecular formula is C21H29N5O3. The van der Waals surface area contributed by atoms with Crippen molar-refractivity contribution < 1.29 is 14.0 Å². The molecule has 1 fully saturated rings. The summed E-state index contributed by atoms with van der Waals surface area (Å²) in [7, 11) is 0. The van der Waals surface area contributed by atoms with Crippen LogP contribution in [-0.4, -0.2) is 65.4 Å². The van der Waals surface area contributed by atoms with Crippen LogP contribution >= 0.6 is 0 Å². The number of piperazine rings is 1. The minimum atomic E-state index is -0.596. The van der Waals surface area contributed by atoms with Gasteiger partial charge in [0.25, 0.3) is 0 Å². The predicted octanol–water partition coefficient (Wildman–Crippen LogP) is 1.09. The summed E-state index contributed by atoms with van der Waals surface area (Å²) in [5, 5.41) is 2.64. The fourth-order valence-electron chi connectivity index (χ4n) is 3.16. The van der Waals surface area contributed by atoms with Crippen molar-refractivity contribution in [2.24, 2.45) is 11.7 Å². The zero-order valence-corrected chi connectivity index (χ0v) is 17.0. The molecule has 1 aliphatic heterocycles. The quantitative estimate of drug-likeness (QED) is 0.722. The number of nitrogens with zero attached hydrogens (tertiary/aromatic N) is 3. The van der Waals surface area contributed by atoms with Crippen LogP contribution in [0, 0.1) is 5.92 Å². The average molecular weight is 399 g/mol. The van der Waals surface area contributed by atoms with Gasteiger partial charge in [-0.15, -0.1) is 0 Å². The fraction of sp³-hybridized carbons (Fsp3) is 0.476. The molecule has 156 valence electrons. The molecule has 1 saturated heterocycles. The highest BCUT2D eigenvalue weighted by Crippen LogP contribution is 2.20. The minimum Gasteiger partial charge on any atom is -0.439 e. The Bertz CT molecular complexity index is 813. The Kier molecular flexibility index (Phi) is 7.00. The summed E-state index contributed by atoms with van der Waals surface area (Å²) in [6.07, 6.45) is 1.75. The van der Waals surface area contributed by atoms with Gasteiger partial charge in [0.2, 0.25) is 17.7 Å². The number of amides is 2. The number of nitrogens with one attached hydrogen (secondary N) is 1. The van der Waals surface area contributed by atoms with Crippen LogP contribution in [0.25, 0.3) is 11.3 Å². The summed E-state index contributed by atoms with van der Waals surface area (Å²) in [6.45, 7) is 7.02. The van der Waals surface area contributed by atoms with Gasteiger partial charge in [-0.2, -0.15) is 0 Å². The lowest BCUT2D eigenvalue weighted by Gasteiger charge is -2.34. The van der Waals surface area contributed by atoms with E-state index in [2.05, 4.69) is 15.2 Å². The molecular weight excluding hydrogens is 370 g/mol. The van der Waals surface area contributed by atoms with Crippen LogP contribution in [0.15, 0.2) is 40.9 Å². The van der Waals surface area contributed by atoms with Crippen molar-refractivity contribution in [3.05, 3.63) is 42.4 Å². The third kappa shape index (κ3) is 5.65. The highest BCUT2D eigenvalue weighted by Gasteiger charge is 2.24. The first kappa shape index (κ1) is 21.0. The second-order valence-corrected chi connectivity index (χ2v) is 7.63. The molecule has 3 N–H and O–H groups in total. The van der Waals surface area contributed by atoms with Crippen molar-refractivity contribution in [3.63, 3.8) is 0 Å². The second kappa shape index (κ2) is 9.67. The van der Waals surface area contributed by atoms with Gasteiger partial charge in [0, 0.05) is 31.7 Å². The summed E-state index contributed by atoms with van der Waals surface area (Å²) in [6, 6.07) is 9.27. The van der Waals surface area contributed by atoms with E-state index in [1.165, 1.54) is 0 Å². The maximum atomic E-state index is 12.3. The molecule has 3 rings (SSSR count). The van der Waals surface area contributed by atoms with E-state index in [1.807, 2.05) is 44.2 Å². The van der Waals surface area contributed by atoms with Gasteiger partial charge < -0.3 is 20.4 Å². The van der Waals surface area contributed by atoms with Crippen molar-refractivity contribution >= 4 is 11.8 Å². The van der Waals surface area contributed by atoms with Crippen LogP contribution in [-0.2, 0) is 16.1 Å². The number of hydrogen-bond donors (Lipinski definition) is 2. The molecule has 1 aromatic heterocycles. The SMILES string of the molecule is CC(C)[C@H](N)C(=O)NCC(=O)N1CCN(Cc2ncc(-c3ccccc3)o2)CC1. The molecule has 0 bridgehead atoms. The van der Waals surface area contributed by atoms with Crippen molar-refractivity contribution in [1.29, 1.82) is 0 Å². The third-order valence-electron chi connectivity index (χ3n) is 5.13. The number of rotatable bonds is 7. The van der Waals surface area contributed by atoms with E-state index >= 15 is 0 Å². The largest absolute Gasteiger partial charge is 0.439 e. The fourth-order valence-corrected chi connectivity index (χ4v) is 3.16. The molecule has 29 heavy (non-hydrogen) atoms. The zero-order valence-electron chi connectivity index (χ0n) is 17.0. The van der Waals surface area contributed by atoms with Gasteiger partial charge in [-0.25, -0.2) is 4.98 Å². The molecule has 2 aromatic rings. The maximum absolute atomic E-state index is 12.3. The average Bonchev–Trinajstić information content (AvgIpc) is 3.20. The molecule has 8 nitrogen and oxygen atoms in total. The lowest BCUT2D eigenvalue weighted by atomic mass is 10.1. The predicted molar refractivity (Wildman–Crippen MR) is 110 cm³/mol. The molecule has 2 amide bonds. The number of carbonyl (C=O) groups is 2. The summed E-state index contributed by atoms with van der Waals surface area (Å²) < 4.78 is 5.86. The number of hydrogen-bond acceptors (Lipinski definition) is 6. The standard InChI is InChI=1S/C21H29N5O3/c1-15(2)20(22)21(28)24-13-19(27)26-10-8-25(9-11-26)14-18-23-12-17(29-18)16-6-4-3-5-7-16/h3-7,12,15,20H,8-11,13-14,22H2,1-2H3,(H,24,28)/t20-/m0/s1. The highest BCUT2D eigenvalue weighted by molar-refractivity contribution is 5.87. The smallest absolute Gasteiger partial charge is 0.242 e. The first-order valence-electron chi connectivity index (χ1n) is 9.97. The lowest BCUT2D eigenvalue weighted by molar-refractivity contribution is -0.134. The zero-order chi connectivity index (χ0) is 20.8. The summed E-state index contributed by atoms with van der Waals surface area (Å²) in [5.74, 6) is 1.08. The van der Waals surface area contributed by atoms with E-state index in [9.17, 15) is 9.59 Å². The van der Waals surface area contributed by atoms with Crippen LogP contribution in [0.3, 0.4) is 0 Å². The number of oxazole rings is 1. The molecule has 0 saturated carbocycles. The van der Waals surface area contributed by atoms with Crippen LogP contribution < -0.4 is 11.1 Å². The van der Waals surface area contributed by atoms with Crippen LogP contribution in [0.2, 0.25) is 0 Å². The number of benzene rings is 1. The van der Waals surface area contributed by atoms with E-state index in [-0.39, 0.29) is 24.3 Å². The molecule has 0 radical (unpaired) electrons. The monoisotopic (exact) mass is 399 g/mol. The molecule has 0 aliphatic carbocycles. The van der Waals surface area contributed by atoms with Crippen LogP contribution in [0.5, 0.6) is 0 Å². The van der Waals surface area contributed by atoms with Gasteiger partial charge in [-0.05, 0) is 5.92 Å². The van der Waals surface area contributed by atoms with Gasteiger partial charge in [0.1, 0.15) is 0 Å². The maximum Gasteiger partial charge on any atom is 0.242 e. The summed E-state index contributed by atoms with van der Waals surface area (Å²) >= 11 is 0. The Morgan fingerprint density at radius 2 is 1.86 bits per heavy atom. The van der Waals surface area contributed by atoms with Crippen molar-refractivity contribution in [2.75, 3.05) is 32.7 Å². The number of aromatic nitrogens is 1. The Balaban J connectivity index is 1.43. The van der Waals surface area contributed by atoms with Crippen LogP contribution in [0.1, 0.15) is 19.7 Å². The lowest BCUT2D eigenvalue weighted by Crippen LogP contribution is -2.52. The van der Waals surface area contributed by atoms with Crippen LogP contribution in [0.4, 0.5) is 0 Å². The Morgan fingerprint density at radius 1 is 1.17 bits per heavy atom. The first-order valence-corrected chi connectivity index (χ1v) is 9.97. The summed E-state index contributed by atoms with van der Waals surface area (Å²) in [4.78, 5) is 32.6. The highest BCUT2D eigenvalue weighted by atomic mass is 16.4. The van der Waals surface area contributed by atoms with Crippen molar-refractivity contribution in [3.8, 4) is 11.3 Å². The van der Waals surface area contributed by atoms with Gasteiger partial charge in [-0.3, -0.25) is 14.5 Å². The Morgan fingerprint density at radius 3 is 2.52 bits per heavy atom. The van der Waals surface area contributed by atoms with E-state index < -0.39 is 6.04 Å². The Hall–Kier alpha value is -2.71. The van der Waals surface area contributed by atoms with E-state index in [1.54, 1.807) is 11.1 Å². The van der Waals surface area contributed by atoms with Crippen molar-refractivity contribution in [1.82, 2.24) is 20.1 Å². The molecule has 0 unspecified atom stereocenters. The van der Waals surface area contributed by atoms with Gasteiger partial charge >= 0.3 is 0 Å². The third-order valence-corrected chi connectivity index (χ3v) is 5.13. The van der Waals surface area contributed by atoms with E-state index in [0.29, 0.717) is 25.5 Å². The molecule has 1 aliphatic rings. The summed E-state index contributed by atoms with van der Waals surface area (Å²) in [5.41, 5.74) is 6.80. The van der Waals surface area contributed by atoms with Crippen molar-refractivity contribution in [2.45, 2.75) is 26.4 Å².